The molecule has 0 saturated heterocycles. The number of pyridine rings is 2. The van der Waals surface area contributed by atoms with Crippen LogP contribution in [0.5, 0.6) is 0 Å². The van der Waals surface area contributed by atoms with E-state index in [-0.39, 0.29) is 17.1 Å². The summed E-state index contributed by atoms with van der Waals surface area (Å²) >= 11 is 1.15. The van der Waals surface area contributed by atoms with Crippen LogP contribution in [-0.2, 0) is 10.0 Å². The number of halogens is 1. The first-order valence-corrected chi connectivity index (χ1v) is 14.2. The van der Waals surface area contributed by atoms with Gasteiger partial charge in [0, 0.05) is 40.2 Å². The first-order valence-electron chi connectivity index (χ1n) is 11.4. The molecule has 4 heterocycles. The molecule has 0 unspecified atom stereocenters. The molecule has 0 radical (unpaired) electrons. The molecule has 4 aromatic rings. The Labute approximate surface area is 212 Å². The molecule has 36 heavy (non-hydrogen) atoms. The fourth-order valence-corrected chi connectivity index (χ4v) is 6.57. The summed E-state index contributed by atoms with van der Waals surface area (Å²) in [5, 5.41) is 18.8. The molecule has 186 valence electrons. The van der Waals surface area contributed by atoms with Gasteiger partial charge in [-0.3, -0.25) is 4.68 Å². The molecule has 1 N–H and O–H groups in total. The lowest BCUT2D eigenvalue weighted by Gasteiger charge is -2.29. The fraction of sp³-hybridized carbons (Fsp3) is 0.333. The van der Waals surface area contributed by atoms with Crippen LogP contribution in [0.2, 0.25) is 0 Å². The molecule has 1 saturated carbocycles. The monoisotopic (exact) mass is 525 g/mol. The normalized spacial score (nSPS) is 18.4. The van der Waals surface area contributed by atoms with E-state index in [4.69, 9.17) is 0 Å². The number of sulfonamides is 1. The number of aromatic nitrogens is 5. The number of hydrogen-bond acceptors (Lipinski definition) is 7. The zero-order chi connectivity index (χ0) is 25.4. The summed E-state index contributed by atoms with van der Waals surface area (Å²) in [6, 6.07) is 7.09. The number of nitriles is 1. The topological polar surface area (TPSA) is 118 Å². The van der Waals surface area contributed by atoms with Crippen LogP contribution in [0.25, 0.3) is 16.6 Å². The third-order valence-electron chi connectivity index (χ3n) is 6.41. The van der Waals surface area contributed by atoms with Gasteiger partial charge in [-0.25, -0.2) is 27.0 Å². The van der Waals surface area contributed by atoms with Gasteiger partial charge in [-0.15, -0.1) is 0 Å². The van der Waals surface area contributed by atoms with Crippen molar-refractivity contribution >= 4 is 27.3 Å². The zero-order valence-corrected chi connectivity index (χ0v) is 21.4. The first-order chi connectivity index (χ1) is 17.2. The van der Waals surface area contributed by atoms with Crippen molar-refractivity contribution in [3.05, 3.63) is 60.1 Å². The summed E-state index contributed by atoms with van der Waals surface area (Å²) in [5.74, 6) is -0.436. The molecule has 1 aliphatic carbocycles. The maximum Gasteiger partial charge on any atom is 0.208 e. The molecule has 0 amide bonds. The SMILES string of the molecule is Cc1c(-c2cc(Sc3ncccc3F)c3c(C#N)cnn3c2)cnn1C1CCC(NS(C)(=O)=O)CC1. The van der Waals surface area contributed by atoms with Crippen molar-refractivity contribution in [2.75, 3.05) is 6.26 Å². The Hall–Kier alpha value is -3.27. The van der Waals surface area contributed by atoms with Crippen LogP contribution < -0.4 is 4.72 Å². The van der Waals surface area contributed by atoms with Gasteiger partial charge in [-0.05, 0) is 50.8 Å². The van der Waals surface area contributed by atoms with Gasteiger partial charge in [0.15, 0.2) is 5.82 Å². The summed E-state index contributed by atoms with van der Waals surface area (Å²) < 4.78 is 43.8. The van der Waals surface area contributed by atoms with E-state index in [1.165, 1.54) is 30.8 Å². The predicted molar refractivity (Wildman–Crippen MR) is 133 cm³/mol. The van der Waals surface area contributed by atoms with E-state index in [2.05, 4.69) is 26.0 Å². The Balaban J connectivity index is 1.48. The number of hydrogen-bond donors (Lipinski definition) is 1. The molecular formula is C24H24FN7O2S2. The van der Waals surface area contributed by atoms with Crippen molar-refractivity contribution in [3.63, 3.8) is 0 Å². The fourth-order valence-electron chi connectivity index (χ4n) is 4.76. The Morgan fingerprint density at radius 3 is 2.69 bits per heavy atom. The van der Waals surface area contributed by atoms with Gasteiger partial charge in [0.1, 0.15) is 11.1 Å². The van der Waals surface area contributed by atoms with Crippen molar-refractivity contribution < 1.29 is 12.8 Å². The minimum Gasteiger partial charge on any atom is -0.266 e. The lowest BCUT2D eigenvalue weighted by atomic mass is 9.91. The Morgan fingerprint density at radius 1 is 1.22 bits per heavy atom. The molecule has 0 aliphatic heterocycles. The van der Waals surface area contributed by atoms with Crippen LogP contribution in [0.15, 0.2) is 52.9 Å². The smallest absolute Gasteiger partial charge is 0.208 e. The van der Waals surface area contributed by atoms with Gasteiger partial charge < -0.3 is 0 Å². The predicted octanol–water partition coefficient (Wildman–Crippen LogP) is 4.10. The highest BCUT2D eigenvalue weighted by Gasteiger charge is 2.26. The molecule has 4 aromatic heterocycles. The average Bonchev–Trinajstić information content (AvgIpc) is 3.43. The second-order valence-corrected chi connectivity index (χ2v) is 11.7. The largest absolute Gasteiger partial charge is 0.266 e. The molecule has 0 aromatic carbocycles. The molecule has 5 rings (SSSR count). The van der Waals surface area contributed by atoms with Gasteiger partial charge in [-0.1, -0.05) is 11.8 Å². The lowest BCUT2D eigenvalue weighted by Crippen LogP contribution is -2.37. The highest BCUT2D eigenvalue weighted by atomic mass is 32.2. The van der Waals surface area contributed by atoms with E-state index in [1.54, 1.807) is 4.52 Å². The maximum atomic E-state index is 14.4. The Bertz CT molecular complexity index is 1580. The first kappa shape index (κ1) is 24.4. The van der Waals surface area contributed by atoms with Gasteiger partial charge in [0.25, 0.3) is 0 Å². The van der Waals surface area contributed by atoms with E-state index in [9.17, 15) is 18.1 Å². The molecule has 12 heteroatoms. The third kappa shape index (κ3) is 4.86. The second kappa shape index (κ2) is 9.65. The third-order valence-corrected chi connectivity index (χ3v) is 8.19. The Kier molecular flexibility index (Phi) is 6.55. The highest BCUT2D eigenvalue weighted by molar-refractivity contribution is 7.99. The average molecular weight is 526 g/mol. The number of rotatable bonds is 6. The Morgan fingerprint density at radius 2 is 2.00 bits per heavy atom. The van der Waals surface area contributed by atoms with Crippen LogP contribution in [0.3, 0.4) is 0 Å². The highest BCUT2D eigenvalue weighted by Crippen LogP contribution is 2.37. The lowest BCUT2D eigenvalue weighted by molar-refractivity contribution is 0.290. The van der Waals surface area contributed by atoms with Crippen LogP contribution in [0.4, 0.5) is 4.39 Å². The number of nitrogens with one attached hydrogen (secondary N) is 1. The summed E-state index contributed by atoms with van der Waals surface area (Å²) in [5.41, 5.74) is 3.71. The molecule has 9 nitrogen and oxygen atoms in total. The summed E-state index contributed by atoms with van der Waals surface area (Å²) in [6.07, 6.45) is 11.0. The van der Waals surface area contributed by atoms with E-state index in [0.717, 1.165) is 54.3 Å². The molecule has 0 atom stereocenters. The summed E-state index contributed by atoms with van der Waals surface area (Å²) in [7, 11) is -3.22. The molecule has 1 fully saturated rings. The second-order valence-electron chi connectivity index (χ2n) is 8.93. The standard InChI is InChI=1S/C24H24FN7O2S2/c1-15-20(13-29-32(15)19-7-5-18(6-8-19)30-36(2,33)34)16-10-22(35-24-21(25)4-3-9-27-24)23-17(11-26)12-28-31(23)14-16/h3-4,9-10,12-14,18-19,30H,5-8H2,1-2H3. The number of nitrogens with zero attached hydrogens (tertiary/aromatic N) is 6. The van der Waals surface area contributed by atoms with Crippen molar-refractivity contribution in [3.8, 4) is 17.2 Å². The van der Waals surface area contributed by atoms with E-state index < -0.39 is 15.8 Å². The van der Waals surface area contributed by atoms with Crippen LogP contribution in [0, 0.1) is 24.1 Å². The van der Waals surface area contributed by atoms with Gasteiger partial charge >= 0.3 is 0 Å². The van der Waals surface area contributed by atoms with Crippen molar-refractivity contribution in [1.82, 2.24) is 29.1 Å². The molecule has 0 spiro atoms. The van der Waals surface area contributed by atoms with Crippen LogP contribution in [0.1, 0.15) is 43.0 Å². The molecule has 1 aliphatic rings. The maximum absolute atomic E-state index is 14.4. The minimum absolute atomic E-state index is 0.0466. The molecule has 0 bridgehead atoms. The minimum atomic E-state index is -3.22. The van der Waals surface area contributed by atoms with Gasteiger partial charge in [0.05, 0.1) is 35.8 Å². The summed E-state index contributed by atoms with van der Waals surface area (Å²) in [6.45, 7) is 2.00. The van der Waals surface area contributed by atoms with Crippen LogP contribution >= 0.6 is 11.8 Å². The van der Waals surface area contributed by atoms with Crippen molar-refractivity contribution in [2.45, 2.75) is 54.6 Å². The van der Waals surface area contributed by atoms with Crippen molar-refractivity contribution in [2.24, 2.45) is 0 Å². The molecular weight excluding hydrogens is 501 g/mol. The number of fused-ring (bicyclic) bond motifs is 1. The quantitative estimate of drug-likeness (QED) is 0.403. The van der Waals surface area contributed by atoms with Crippen molar-refractivity contribution in [1.29, 1.82) is 5.26 Å². The van der Waals surface area contributed by atoms with E-state index >= 15 is 0 Å². The summed E-state index contributed by atoms with van der Waals surface area (Å²) in [4.78, 5) is 4.82. The van der Waals surface area contributed by atoms with Crippen LogP contribution in [-0.4, -0.2) is 45.1 Å². The van der Waals surface area contributed by atoms with Gasteiger partial charge in [0.2, 0.25) is 10.0 Å². The van der Waals surface area contributed by atoms with E-state index in [1.807, 2.05) is 30.1 Å². The zero-order valence-electron chi connectivity index (χ0n) is 19.7. The van der Waals surface area contributed by atoms with E-state index in [0.29, 0.717) is 16.0 Å². The van der Waals surface area contributed by atoms with Gasteiger partial charge in [-0.2, -0.15) is 15.5 Å².